The molecule has 1 saturated carbocycles. The molecule has 0 aromatic heterocycles. The molecular weight excluding hydrogens is 206 g/mol. The third-order valence-corrected chi connectivity index (χ3v) is 3.82. The van der Waals surface area contributed by atoms with Gasteiger partial charge in [0.25, 0.3) is 0 Å². The van der Waals surface area contributed by atoms with Gasteiger partial charge in [0.15, 0.2) is 0 Å². The predicted molar refractivity (Wildman–Crippen MR) is 75.3 cm³/mol. The first-order chi connectivity index (χ1) is 8.20. The molecule has 2 rings (SSSR count). The van der Waals surface area contributed by atoms with Crippen LogP contribution < -0.4 is 0 Å². The van der Waals surface area contributed by atoms with E-state index in [2.05, 4.69) is 39.0 Å². The first-order valence-corrected chi connectivity index (χ1v) is 6.85. The average molecular weight is 229 g/mol. The lowest BCUT2D eigenvalue weighted by Crippen LogP contribution is -2.18. The Morgan fingerprint density at radius 3 is 2.76 bits per heavy atom. The largest absolute Gasteiger partial charge is 0.257 e. The summed E-state index contributed by atoms with van der Waals surface area (Å²) in [4.78, 5) is 4.93. The summed E-state index contributed by atoms with van der Waals surface area (Å²) in [6.07, 6.45) is 6.47. The van der Waals surface area contributed by atoms with Crippen molar-refractivity contribution in [1.29, 1.82) is 0 Å². The Labute approximate surface area is 105 Å². The summed E-state index contributed by atoms with van der Waals surface area (Å²) in [5.41, 5.74) is 5.23. The average Bonchev–Trinajstić information content (AvgIpc) is 2.33. The van der Waals surface area contributed by atoms with Crippen LogP contribution in [0, 0.1) is 19.8 Å². The van der Waals surface area contributed by atoms with Gasteiger partial charge in [-0.3, -0.25) is 4.99 Å². The Hall–Kier alpha value is -1.11. The molecule has 0 saturated heterocycles. The molecule has 1 aromatic carbocycles. The Balaban J connectivity index is 2.27. The van der Waals surface area contributed by atoms with Crippen molar-refractivity contribution in [1.82, 2.24) is 0 Å². The Morgan fingerprint density at radius 1 is 1.24 bits per heavy atom. The lowest BCUT2D eigenvalue weighted by Gasteiger charge is -2.23. The van der Waals surface area contributed by atoms with Gasteiger partial charge in [-0.05, 0) is 57.1 Å². The highest BCUT2D eigenvalue weighted by molar-refractivity contribution is 5.89. The Bertz CT molecular complexity index is 418. The summed E-state index contributed by atoms with van der Waals surface area (Å²) in [6.45, 7) is 6.59. The van der Waals surface area contributed by atoms with E-state index in [0.717, 1.165) is 5.92 Å². The molecule has 17 heavy (non-hydrogen) atoms. The highest BCUT2D eigenvalue weighted by atomic mass is 14.8. The van der Waals surface area contributed by atoms with Gasteiger partial charge in [-0.2, -0.15) is 0 Å². The van der Waals surface area contributed by atoms with E-state index in [1.54, 1.807) is 0 Å². The molecule has 1 atom stereocenters. The molecule has 1 nitrogen and oxygen atoms in total. The highest BCUT2D eigenvalue weighted by Crippen LogP contribution is 2.28. The molecule has 1 heteroatoms. The van der Waals surface area contributed by atoms with E-state index in [-0.39, 0.29) is 0 Å². The third-order valence-electron chi connectivity index (χ3n) is 3.82. The van der Waals surface area contributed by atoms with E-state index in [1.807, 2.05) is 0 Å². The normalized spacial score (nSPS) is 23.0. The van der Waals surface area contributed by atoms with Gasteiger partial charge in [-0.25, -0.2) is 0 Å². The quantitative estimate of drug-likeness (QED) is 0.678. The molecule has 1 aliphatic carbocycles. The van der Waals surface area contributed by atoms with Gasteiger partial charge in [0.2, 0.25) is 0 Å². The van der Waals surface area contributed by atoms with Crippen molar-refractivity contribution in [3.05, 3.63) is 29.3 Å². The van der Waals surface area contributed by atoms with Gasteiger partial charge < -0.3 is 0 Å². The van der Waals surface area contributed by atoms with Gasteiger partial charge in [0.05, 0.1) is 5.69 Å². The van der Waals surface area contributed by atoms with Gasteiger partial charge in [-0.1, -0.05) is 31.0 Å². The standard InChI is InChI=1S/C16H23N/c1-4-14-7-5-6-8-16(14)17-15-10-9-12(2)11-13(15)3/h9-11,14H,4-8H2,1-3H3. The van der Waals surface area contributed by atoms with Gasteiger partial charge in [0, 0.05) is 5.71 Å². The van der Waals surface area contributed by atoms with E-state index in [1.165, 1.54) is 54.6 Å². The fraction of sp³-hybridized carbons (Fsp3) is 0.562. The zero-order valence-corrected chi connectivity index (χ0v) is 11.3. The number of rotatable bonds is 2. The molecule has 1 fully saturated rings. The van der Waals surface area contributed by atoms with Crippen LogP contribution in [0.1, 0.15) is 50.2 Å². The van der Waals surface area contributed by atoms with E-state index in [9.17, 15) is 0 Å². The van der Waals surface area contributed by atoms with Crippen molar-refractivity contribution >= 4 is 11.4 Å². The second-order valence-corrected chi connectivity index (χ2v) is 5.24. The maximum Gasteiger partial charge on any atom is 0.0658 e. The summed E-state index contributed by atoms with van der Waals surface area (Å²) < 4.78 is 0. The van der Waals surface area contributed by atoms with Crippen LogP contribution in [-0.4, -0.2) is 5.71 Å². The minimum absolute atomic E-state index is 0.726. The summed E-state index contributed by atoms with van der Waals surface area (Å²) in [5, 5.41) is 0. The molecule has 1 aliphatic rings. The topological polar surface area (TPSA) is 12.4 Å². The SMILES string of the molecule is CCC1CCCCC1=Nc1ccc(C)cc1C. The van der Waals surface area contributed by atoms with Crippen molar-refractivity contribution in [3.63, 3.8) is 0 Å². The molecule has 0 N–H and O–H groups in total. The van der Waals surface area contributed by atoms with Crippen molar-refractivity contribution < 1.29 is 0 Å². The molecule has 0 heterocycles. The van der Waals surface area contributed by atoms with Crippen LogP contribution in [0.3, 0.4) is 0 Å². The van der Waals surface area contributed by atoms with Gasteiger partial charge in [0.1, 0.15) is 0 Å². The smallest absolute Gasteiger partial charge is 0.0658 e. The fourth-order valence-corrected chi connectivity index (χ4v) is 2.74. The second-order valence-electron chi connectivity index (χ2n) is 5.24. The minimum atomic E-state index is 0.726. The first-order valence-electron chi connectivity index (χ1n) is 6.85. The monoisotopic (exact) mass is 229 g/mol. The van der Waals surface area contributed by atoms with Crippen LogP contribution in [0.15, 0.2) is 23.2 Å². The van der Waals surface area contributed by atoms with Crippen molar-refractivity contribution in [2.75, 3.05) is 0 Å². The lowest BCUT2D eigenvalue weighted by molar-refractivity contribution is 0.515. The second kappa shape index (κ2) is 5.48. The van der Waals surface area contributed by atoms with Crippen LogP contribution in [-0.2, 0) is 0 Å². The molecule has 1 aromatic rings. The van der Waals surface area contributed by atoms with Crippen molar-refractivity contribution in [2.24, 2.45) is 10.9 Å². The zero-order valence-electron chi connectivity index (χ0n) is 11.3. The lowest BCUT2D eigenvalue weighted by atomic mass is 9.85. The van der Waals surface area contributed by atoms with E-state index in [0.29, 0.717) is 0 Å². The molecule has 0 radical (unpaired) electrons. The summed E-state index contributed by atoms with van der Waals surface area (Å²) in [5.74, 6) is 0.726. The minimum Gasteiger partial charge on any atom is -0.257 e. The number of hydrogen-bond donors (Lipinski definition) is 0. The number of benzene rings is 1. The van der Waals surface area contributed by atoms with Crippen molar-refractivity contribution in [2.45, 2.75) is 52.9 Å². The molecule has 0 amide bonds. The third kappa shape index (κ3) is 2.96. The van der Waals surface area contributed by atoms with Crippen LogP contribution in [0.2, 0.25) is 0 Å². The Morgan fingerprint density at radius 2 is 2.06 bits per heavy atom. The number of aryl methyl sites for hydroxylation is 2. The molecule has 92 valence electrons. The van der Waals surface area contributed by atoms with Crippen molar-refractivity contribution in [3.8, 4) is 0 Å². The number of aliphatic imine (C=N–C) groups is 1. The van der Waals surface area contributed by atoms with E-state index >= 15 is 0 Å². The summed E-state index contributed by atoms with van der Waals surface area (Å²) >= 11 is 0. The molecule has 1 unspecified atom stereocenters. The van der Waals surface area contributed by atoms with E-state index < -0.39 is 0 Å². The van der Waals surface area contributed by atoms with Gasteiger partial charge in [-0.15, -0.1) is 0 Å². The zero-order chi connectivity index (χ0) is 12.3. The number of hydrogen-bond acceptors (Lipinski definition) is 1. The van der Waals surface area contributed by atoms with Crippen LogP contribution in [0.4, 0.5) is 5.69 Å². The first kappa shape index (κ1) is 12.3. The molecule has 0 aliphatic heterocycles. The highest BCUT2D eigenvalue weighted by Gasteiger charge is 2.18. The van der Waals surface area contributed by atoms with E-state index in [4.69, 9.17) is 4.99 Å². The summed E-state index contributed by atoms with van der Waals surface area (Å²) in [6, 6.07) is 6.55. The maximum atomic E-state index is 4.93. The molecule has 0 bridgehead atoms. The van der Waals surface area contributed by atoms with Crippen LogP contribution in [0.5, 0.6) is 0 Å². The van der Waals surface area contributed by atoms with Gasteiger partial charge >= 0.3 is 0 Å². The molecule has 0 spiro atoms. The summed E-state index contributed by atoms with van der Waals surface area (Å²) in [7, 11) is 0. The maximum absolute atomic E-state index is 4.93. The van der Waals surface area contributed by atoms with Crippen LogP contribution in [0.25, 0.3) is 0 Å². The predicted octanol–water partition coefficient (Wildman–Crippen LogP) is 4.98. The molecular formula is C16H23N. The van der Waals surface area contributed by atoms with Crippen LogP contribution >= 0.6 is 0 Å². The fourth-order valence-electron chi connectivity index (χ4n) is 2.74. The number of nitrogens with zero attached hydrogens (tertiary/aromatic N) is 1. The Kier molecular flexibility index (Phi) is 3.98.